The fraction of sp³-hybridized carbons (Fsp3) is 0.375. The number of nitrogens with one attached hydrogen (secondary N) is 2. The Hall–Kier alpha value is -2.35. The first-order valence-electron chi connectivity index (χ1n) is 7.71. The molecule has 1 aromatic heterocycles. The molecule has 0 spiro atoms. The van der Waals surface area contributed by atoms with Gasteiger partial charge in [-0.2, -0.15) is 0 Å². The smallest absolute Gasteiger partial charge is 0.321 e. The van der Waals surface area contributed by atoms with Crippen molar-refractivity contribution >= 4 is 23.7 Å². The van der Waals surface area contributed by atoms with Crippen molar-refractivity contribution in [3.05, 3.63) is 30.3 Å². The maximum Gasteiger partial charge on any atom is 0.321 e. The molecule has 0 aliphatic carbocycles. The summed E-state index contributed by atoms with van der Waals surface area (Å²) in [5, 5.41) is 13.8. The number of thioether (sulfide) groups is 1. The number of aromatic nitrogens is 3. The lowest BCUT2D eigenvalue weighted by molar-refractivity contribution is -0.117. The monoisotopic (exact) mass is 347 g/mol. The molecular weight excluding hydrogens is 326 g/mol. The Morgan fingerprint density at radius 3 is 2.58 bits per heavy atom. The molecule has 2 aromatic rings. The van der Waals surface area contributed by atoms with Crippen LogP contribution in [0.1, 0.15) is 26.3 Å². The summed E-state index contributed by atoms with van der Waals surface area (Å²) in [5.74, 6) is 0.495. The minimum absolute atomic E-state index is 0.0940. The number of amides is 3. The van der Waals surface area contributed by atoms with E-state index in [4.69, 9.17) is 0 Å². The number of urea groups is 1. The van der Waals surface area contributed by atoms with Gasteiger partial charge in [-0.3, -0.25) is 14.7 Å². The second kappa shape index (κ2) is 8.49. The molecule has 2 rings (SSSR count). The van der Waals surface area contributed by atoms with Crippen LogP contribution in [0.15, 0.2) is 35.5 Å². The first kappa shape index (κ1) is 18.0. The van der Waals surface area contributed by atoms with E-state index in [9.17, 15) is 9.59 Å². The summed E-state index contributed by atoms with van der Waals surface area (Å²) in [6.45, 7) is 4.18. The molecule has 0 aliphatic rings. The summed E-state index contributed by atoms with van der Waals surface area (Å²) in [5.41, 5.74) is 0.979. The van der Waals surface area contributed by atoms with Gasteiger partial charge in [0.1, 0.15) is 0 Å². The molecule has 0 saturated heterocycles. The summed E-state index contributed by atoms with van der Waals surface area (Å²) in [6.07, 6.45) is 0.913. The van der Waals surface area contributed by atoms with Crippen molar-refractivity contribution in [1.29, 1.82) is 0 Å². The lowest BCUT2D eigenvalue weighted by Crippen LogP contribution is -2.38. The highest BCUT2D eigenvalue weighted by Gasteiger charge is 2.19. The second-order valence-corrected chi connectivity index (χ2v) is 6.16. The molecular formula is C16H21N5O2S. The van der Waals surface area contributed by atoms with Crippen molar-refractivity contribution in [2.24, 2.45) is 0 Å². The number of rotatable bonds is 6. The molecule has 8 heteroatoms. The summed E-state index contributed by atoms with van der Waals surface area (Å²) in [4.78, 5) is 22.9. The van der Waals surface area contributed by atoms with Crippen LogP contribution < -0.4 is 10.6 Å². The molecule has 0 radical (unpaired) electrons. The molecule has 1 atom stereocenters. The first-order chi connectivity index (χ1) is 11.6. The SMILES string of the molecule is CC[C@@H](C)n1c(SCC(=O)NC(=O)NC)nnc1-c1ccccc1. The Labute approximate surface area is 145 Å². The first-order valence-corrected chi connectivity index (χ1v) is 8.70. The fourth-order valence-electron chi connectivity index (χ4n) is 2.09. The van der Waals surface area contributed by atoms with E-state index in [0.717, 1.165) is 17.8 Å². The molecule has 0 fully saturated rings. The van der Waals surface area contributed by atoms with Crippen molar-refractivity contribution in [3.63, 3.8) is 0 Å². The zero-order valence-electron chi connectivity index (χ0n) is 13.9. The van der Waals surface area contributed by atoms with Crippen LogP contribution in [-0.2, 0) is 4.79 Å². The molecule has 0 bridgehead atoms. The van der Waals surface area contributed by atoms with Gasteiger partial charge in [0.15, 0.2) is 11.0 Å². The van der Waals surface area contributed by atoms with E-state index in [-0.39, 0.29) is 17.7 Å². The largest absolute Gasteiger partial charge is 0.341 e. The molecule has 1 heterocycles. The van der Waals surface area contributed by atoms with Crippen molar-refractivity contribution in [2.75, 3.05) is 12.8 Å². The van der Waals surface area contributed by atoms with Gasteiger partial charge in [0, 0.05) is 18.7 Å². The number of hydrogen-bond acceptors (Lipinski definition) is 5. The Morgan fingerprint density at radius 1 is 1.25 bits per heavy atom. The quantitative estimate of drug-likeness (QED) is 0.784. The highest BCUT2D eigenvalue weighted by Crippen LogP contribution is 2.28. The van der Waals surface area contributed by atoms with Crippen molar-refractivity contribution in [1.82, 2.24) is 25.4 Å². The zero-order chi connectivity index (χ0) is 17.5. The number of imide groups is 1. The maximum atomic E-state index is 11.8. The molecule has 128 valence electrons. The molecule has 0 unspecified atom stereocenters. The van der Waals surface area contributed by atoms with E-state index in [0.29, 0.717) is 5.16 Å². The highest BCUT2D eigenvalue weighted by molar-refractivity contribution is 7.99. The van der Waals surface area contributed by atoms with Gasteiger partial charge in [0.05, 0.1) is 5.75 Å². The maximum absolute atomic E-state index is 11.8. The Morgan fingerprint density at radius 2 is 1.96 bits per heavy atom. The second-order valence-electron chi connectivity index (χ2n) is 5.22. The molecule has 24 heavy (non-hydrogen) atoms. The van der Waals surface area contributed by atoms with Crippen LogP contribution in [0.4, 0.5) is 4.79 Å². The van der Waals surface area contributed by atoms with Gasteiger partial charge in [0.25, 0.3) is 0 Å². The Bertz CT molecular complexity index is 702. The lowest BCUT2D eigenvalue weighted by Gasteiger charge is -2.16. The Kier molecular flexibility index (Phi) is 6.36. The van der Waals surface area contributed by atoms with Crippen molar-refractivity contribution in [2.45, 2.75) is 31.5 Å². The predicted molar refractivity (Wildman–Crippen MR) is 93.8 cm³/mol. The van der Waals surface area contributed by atoms with E-state index < -0.39 is 6.03 Å². The highest BCUT2D eigenvalue weighted by atomic mass is 32.2. The number of carbonyl (C=O) groups excluding carboxylic acids is 2. The summed E-state index contributed by atoms with van der Waals surface area (Å²) in [7, 11) is 1.46. The van der Waals surface area contributed by atoms with Crippen LogP contribution in [0, 0.1) is 0 Å². The van der Waals surface area contributed by atoms with Crippen molar-refractivity contribution < 1.29 is 9.59 Å². The fourth-order valence-corrected chi connectivity index (χ4v) is 2.93. The third kappa shape index (κ3) is 4.35. The van der Waals surface area contributed by atoms with Crippen LogP contribution in [0.5, 0.6) is 0 Å². The molecule has 3 amide bonds. The Balaban J connectivity index is 2.20. The van der Waals surface area contributed by atoms with E-state index in [1.54, 1.807) is 0 Å². The standard InChI is InChI=1S/C16H21N5O2S/c1-4-11(2)21-14(12-8-6-5-7-9-12)19-20-16(21)24-10-13(22)18-15(23)17-3/h5-9,11H,4,10H2,1-3H3,(H2,17,18,22,23)/t11-/m1/s1. The van der Waals surface area contributed by atoms with Gasteiger partial charge in [-0.05, 0) is 13.3 Å². The summed E-state index contributed by atoms with van der Waals surface area (Å²) < 4.78 is 2.03. The molecule has 2 N–H and O–H groups in total. The molecule has 0 aliphatic heterocycles. The molecule has 0 saturated carbocycles. The van der Waals surface area contributed by atoms with Gasteiger partial charge in [-0.25, -0.2) is 4.79 Å². The van der Waals surface area contributed by atoms with Crippen LogP contribution in [0.25, 0.3) is 11.4 Å². The van der Waals surface area contributed by atoms with E-state index >= 15 is 0 Å². The zero-order valence-corrected chi connectivity index (χ0v) is 14.8. The number of benzene rings is 1. The normalized spacial score (nSPS) is 11.8. The number of carbonyl (C=O) groups is 2. The van der Waals surface area contributed by atoms with Gasteiger partial charge in [0.2, 0.25) is 5.91 Å². The summed E-state index contributed by atoms with van der Waals surface area (Å²) >= 11 is 1.26. The number of nitrogens with zero attached hydrogens (tertiary/aromatic N) is 3. The van der Waals surface area contributed by atoms with Gasteiger partial charge >= 0.3 is 6.03 Å². The van der Waals surface area contributed by atoms with Gasteiger partial charge in [-0.1, -0.05) is 49.0 Å². The lowest BCUT2D eigenvalue weighted by atomic mass is 10.2. The molecule has 7 nitrogen and oxygen atoms in total. The van der Waals surface area contributed by atoms with Crippen LogP contribution in [0.3, 0.4) is 0 Å². The average molecular weight is 347 g/mol. The number of hydrogen-bond donors (Lipinski definition) is 2. The van der Waals surface area contributed by atoms with Gasteiger partial charge in [-0.15, -0.1) is 10.2 Å². The van der Waals surface area contributed by atoms with Crippen LogP contribution in [0.2, 0.25) is 0 Å². The molecule has 1 aromatic carbocycles. The van der Waals surface area contributed by atoms with E-state index in [2.05, 4.69) is 34.7 Å². The minimum atomic E-state index is -0.519. The topological polar surface area (TPSA) is 88.9 Å². The third-order valence-corrected chi connectivity index (χ3v) is 4.48. The average Bonchev–Trinajstić information content (AvgIpc) is 3.03. The van der Waals surface area contributed by atoms with Crippen molar-refractivity contribution in [3.8, 4) is 11.4 Å². The van der Waals surface area contributed by atoms with E-state index in [1.807, 2.05) is 34.9 Å². The minimum Gasteiger partial charge on any atom is -0.341 e. The predicted octanol–water partition coefficient (Wildman–Crippen LogP) is 2.46. The van der Waals surface area contributed by atoms with E-state index in [1.165, 1.54) is 18.8 Å². The van der Waals surface area contributed by atoms with Gasteiger partial charge < -0.3 is 5.32 Å². The van der Waals surface area contributed by atoms with Crippen LogP contribution in [-0.4, -0.2) is 39.5 Å². The third-order valence-electron chi connectivity index (χ3n) is 3.54. The summed E-state index contributed by atoms with van der Waals surface area (Å²) in [6, 6.07) is 9.49. The van der Waals surface area contributed by atoms with Crippen LogP contribution >= 0.6 is 11.8 Å².